The second kappa shape index (κ2) is 11.8. The molecule has 39 heavy (non-hydrogen) atoms. The third-order valence-corrected chi connectivity index (χ3v) is 8.72. The number of carboxylic acids is 1. The lowest BCUT2D eigenvalue weighted by Crippen LogP contribution is -2.22. The van der Waals surface area contributed by atoms with E-state index < -0.39 is 11.9 Å². The molecule has 2 rings (SSSR count). The molecule has 0 spiro atoms. The number of carboxylic acid groups (broad SMARTS) is 1. The maximum atomic E-state index is 12.6. The average Bonchev–Trinajstić information content (AvgIpc) is 2.74. The first-order valence-electron chi connectivity index (χ1n) is 13.4. The first-order chi connectivity index (χ1) is 17.5. The molecule has 0 unspecified atom stereocenters. The summed E-state index contributed by atoms with van der Waals surface area (Å²) < 4.78 is 5.87. The zero-order valence-corrected chi connectivity index (χ0v) is 27.3. The number of hydrogen-bond donors (Lipinski definition) is 2. The number of aromatic hydroxyl groups is 1. The Morgan fingerprint density at radius 2 is 0.974 bits per heavy atom. The van der Waals surface area contributed by atoms with Crippen LogP contribution >= 0.6 is 21.6 Å². The van der Waals surface area contributed by atoms with E-state index in [1.807, 2.05) is 0 Å². The minimum absolute atomic E-state index is 0.179. The lowest BCUT2D eigenvalue weighted by molar-refractivity contribution is -0.142. The lowest BCUT2D eigenvalue weighted by atomic mass is 9.79. The first kappa shape index (κ1) is 33.1. The van der Waals surface area contributed by atoms with Gasteiger partial charge in [-0.15, -0.1) is 0 Å². The van der Waals surface area contributed by atoms with Gasteiger partial charge in [0.15, 0.2) is 0 Å². The zero-order chi connectivity index (χ0) is 30.1. The van der Waals surface area contributed by atoms with Gasteiger partial charge in [-0.1, -0.05) is 105 Å². The van der Waals surface area contributed by atoms with E-state index in [0.717, 1.165) is 32.0 Å². The average molecular weight is 575 g/mol. The Kier molecular flexibility index (Phi) is 9.99. The van der Waals surface area contributed by atoms with Crippen LogP contribution in [-0.2, 0) is 31.2 Å². The summed E-state index contributed by atoms with van der Waals surface area (Å²) in [5, 5.41) is 20.1. The van der Waals surface area contributed by atoms with Crippen LogP contribution in [0.2, 0.25) is 0 Å². The van der Waals surface area contributed by atoms with Crippen LogP contribution < -0.4 is 4.74 Å². The molecule has 0 fully saturated rings. The topological polar surface area (TPSA) is 83.8 Å². The van der Waals surface area contributed by atoms with Gasteiger partial charge in [0.05, 0.1) is 12.8 Å². The molecule has 5 nitrogen and oxygen atoms in total. The van der Waals surface area contributed by atoms with Crippen LogP contribution in [0.5, 0.6) is 11.5 Å². The summed E-state index contributed by atoms with van der Waals surface area (Å²) in [6.45, 7) is 25.1. The standard InChI is InChI=1S/C32H46O5S2/c1-29(2,3)21-15-19(16-22(27(21)36)30(4,5)6)38-39-20-17-23(31(7,8)9)28(24(18-20)32(10,11)12)37-26(35)14-13-25(33)34/h15-18,36H,13-14H2,1-12H3,(H,33,34). The normalized spacial score (nSPS) is 12.9. The number of rotatable bonds is 7. The molecule has 2 aromatic carbocycles. The maximum absolute atomic E-state index is 12.6. The van der Waals surface area contributed by atoms with E-state index in [1.54, 1.807) is 21.6 Å². The van der Waals surface area contributed by atoms with Crippen molar-refractivity contribution in [1.82, 2.24) is 0 Å². The van der Waals surface area contributed by atoms with Gasteiger partial charge in [-0.3, -0.25) is 9.59 Å². The summed E-state index contributed by atoms with van der Waals surface area (Å²) in [6.07, 6.45) is -0.444. The summed E-state index contributed by atoms with van der Waals surface area (Å²) in [4.78, 5) is 25.7. The predicted octanol–water partition coefficient (Wildman–Crippen LogP) is 9.15. The number of phenolic OH excluding ortho intramolecular Hbond substituents is 1. The fourth-order valence-electron chi connectivity index (χ4n) is 4.14. The molecule has 0 aromatic heterocycles. The van der Waals surface area contributed by atoms with E-state index in [-0.39, 0.29) is 34.5 Å². The Morgan fingerprint density at radius 1 is 0.641 bits per heavy atom. The van der Waals surface area contributed by atoms with Crippen molar-refractivity contribution in [3.8, 4) is 11.5 Å². The Morgan fingerprint density at radius 3 is 1.28 bits per heavy atom. The SMILES string of the molecule is CC(C)(C)c1cc(SSc2cc(C(C)(C)C)c(OC(=O)CCC(=O)O)c(C(C)(C)C)c2)cc(C(C)(C)C)c1O. The second-order valence-corrected chi connectivity index (χ2v) is 16.5. The molecule has 0 aliphatic rings. The van der Waals surface area contributed by atoms with Crippen molar-refractivity contribution < 1.29 is 24.5 Å². The molecule has 216 valence electrons. The van der Waals surface area contributed by atoms with Gasteiger partial charge in [0.2, 0.25) is 0 Å². The molecule has 0 amide bonds. The highest BCUT2D eigenvalue weighted by Crippen LogP contribution is 2.48. The molecule has 0 saturated heterocycles. The van der Waals surface area contributed by atoms with E-state index in [1.165, 1.54) is 0 Å². The van der Waals surface area contributed by atoms with Crippen molar-refractivity contribution >= 4 is 33.5 Å². The van der Waals surface area contributed by atoms with E-state index >= 15 is 0 Å². The molecule has 0 heterocycles. The van der Waals surface area contributed by atoms with Crippen LogP contribution in [0, 0.1) is 0 Å². The number of ether oxygens (including phenoxy) is 1. The van der Waals surface area contributed by atoms with Crippen molar-refractivity contribution in [3.05, 3.63) is 46.5 Å². The van der Waals surface area contributed by atoms with Gasteiger partial charge in [-0.25, -0.2) is 0 Å². The van der Waals surface area contributed by atoms with Gasteiger partial charge in [0.1, 0.15) is 11.5 Å². The van der Waals surface area contributed by atoms with Gasteiger partial charge < -0.3 is 14.9 Å². The largest absolute Gasteiger partial charge is 0.507 e. The van der Waals surface area contributed by atoms with Crippen molar-refractivity contribution in [2.24, 2.45) is 0 Å². The number of phenols is 1. The lowest BCUT2D eigenvalue weighted by Gasteiger charge is -2.30. The quantitative estimate of drug-likeness (QED) is 0.194. The first-order valence-corrected chi connectivity index (χ1v) is 15.5. The number of carbonyl (C=O) groups is 2. The fourth-order valence-corrected chi connectivity index (χ4v) is 6.16. The molecule has 0 radical (unpaired) electrons. The number of benzene rings is 2. The Bertz CT molecular complexity index is 1150. The van der Waals surface area contributed by atoms with E-state index in [9.17, 15) is 14.7 Å². The van der Waals surface area contributed by atoms with Crippen LogP contribution in [-0.4, -0.2) is 22.2 Å². The summed E-state index contributed by atoms with van der Waals surface area (Å²) in [5.41, 5.74) is 2.59. The van der Waals surface area contributed by atoms with E-state index in [0.29, 0.717) is 11.5 Å². The third kappa shape index (κ3) is 8.94. The van der Waals surface area contributed by atoms with Crippen molar-refractivity contribution in [2.75, 3.05) is 0 Å². The van der Waals surface area contributed by atoms with Crippen LogP contribution in [0.3, 0.4) is 0 Å². The number of aliphatic carboxylic acids is 1. The monoisotopic (exact) mass is 574 g/mol. The molecule has 7 heteroatoms. The van der Waals surface area contributed by atoms with Gasteiger partial charge in [0, 0.05) is 32.0 Å². The molecule has 0 bridgehead atoms. The van der Waals surface area contributed by atoms with Gasteiger partial charge >= 0.3 is 11.9 Å². The molecule has 0 saturated carbocycles. The Balaban J connectivity index is 2.59. The van der Waals surface area contributed by atoms with Crippen molar-refractivity contribution in [2.45, 2.75) is 127 Å². The predicted molar refractivity (Wildman–Crippen MR) is 164 cm³/mol. The fraction of sp³-hybridized carbons (Fsp3) is 0.562. The van der Waals surface area contributed by atoms with Crippen LogP contribution in [0.15, 0.2) is 34.1 Å². The van der Waals surface area contributed by atoms with Gasteiger partial charge in [0.25, 0.3) is 0 Å². The summed E-state index contributed by atoms with van der Waals surface area (Å²) in [5.74, 6) is -0.684. The highest BCUT2D eigenvalue weighted by Gasteiger charge is 2.30. The van der Waals surface area contributed by atoms with E-state index in [4.69, 9.17) is 9.84 Å². The molecule has 0 aliphatic carbocycles. The number of carbonyl (C=O) groups excluding carboxylic acids is 1. The van der Waals surface area contributed by atoms with Gasteiger partial charge in [-0.2, -0.15) is 0 Å². The molecule has 2 N–H and O–H groups in total. The third-order valence-electron chi connectivity index (χ3n) is 6.37. The van der Waals surface area contributed by atoms with E-state index in [2.05, 4.69) is 107 Å². The van der Waals surface area contributed by atoms with Crippen molar-refractivity contribution in [3.63, 3.8) is 0 Å². The molecule has 0 atom stereocenters. The smallest absolute Gasteiger partial charge is 0.311 e. The molecule has 2 aromatic rings. The second-order valence-electron chi connectivity index (χ2n) is 14.2. The molecular formula is C32H46O5S2. The van der Waals surface area contributed by atoms with Crippen molar-refractivity contribution in [1.29, 1.82) is 0 Å². The maximum Gasteiger partial charge on any atom is 0.311 e. The Hall–Kier alpha value is -2.12. The minimum Gasteiger partial charge on any atom is -0.507 e. The highest BCUT2D eigenvalue weighted by molar-refractivity contribution is 8.76. The summed E-state index contributed by atoms with van der Waals surface area (Å²) in [7, 11) is 3.28. The summed E-state index contributed by atoms with van der Waals surface area (Å²) in [6, 6.07) is 8.30. The number of esters is 1. The van der Waals surface area contributed by atoms with Crippen LogP contribution in [0.25, 0.3) is 0 Å². The van der Waals surface area contributed by atoms with Gasteiger partial charge in [-0.05, 0) is 45.9 Å². The molecule has 0 aliphatic heterocycles. The van der Waals surface area contributed by atoms with Crippen LogP contribution in [0.4, 0.5) is 0 Å². The number of hydrogen-bond acceptors (Lipinski definition) is 6. The highest BCUT2D eigenvalue weighted by atomic mass is 33.1. The summed E-state index contributed by atoms with van der Waals surface area (Å²) >= 11 is 0. The van der Waals surface area contributed by atoms with Crippen LogP contribution in [0.1, 0.15) is 118 Å². The minimum atomic E-state index is -1.03. The zero-order valence-electron chi connectivity index (χ0n) is 25.7. The molecular weight excluding hydrogens is 528 g/mol. The Labute approximate surface area is 242 Å².